The molecule has 5 heteroatoms. The number of hydrogen-bond acceptors (Lipinski definition) is 3. The van der Waals surface area contributed by atoms with Crippen molar-refractivity contribution in [2.24, 2.45) is 17.8 Å². The number of fused-ring (bicyclic) bond motifs is 3. The lowest BCUT2D eigenvalue weighted by atomic mass is 9.87. The van der Waals surface area contributed by atoms with Crippen LogP contribution >= 0.6 is 0 Å². The highest BCUT2D eigenvalue weighted by Crippen LogP contribution is 2.49. The van der Waals surface area contributed by atoms with E-state index in [9.17, 15) is 4.79 Å². The van der Waals surface area contributed by atoms with Crippen LogP contribution < -0.4 is 0 Å². The number of benzene rings is 1. The minimum absolute atomic E-state index is 0.270. The van der Waals surface area contributed by atoms with E-state index in [1.165, 1.54) is 19.3 Å². The highest BCUT2D eigenvalue weighted by atomic mass is 16.2. The fourth-order valence-electron chi connectivity index (χ4n) is 4.93. The van der Waals surface area contributed by atoms with Gasteiger partial charge in [0.05, 0.1) is 6.54 Å². The van der Waals surface area contributed by atoms with E-state index in [0.29, 0.717) is 18.4 Å². The third-order valence-corrected chi connectivity index (χ3v) is 6.15. The van der Waals surface area contributed by atoms with Crippen molar-refractivity contribution in [1.82, 2.24) is 19.7 Å². The summed E-state index contributed by atoms with van der Waals surface area (Å²) in [7, 11) is 0. The number of rotatable bonds is 2. The van der Waals surface area contributed by atoms with Crippen LogP contribution in [-0.2, 0) is 17.9 Å². The molecule has 2 aromatic rings. The molecule has 2 aliphatic carbocycles. The molecular formula is C19H22N4O. The van der Waals surface area contributed by atoms with Gasteiger partial charge in [-0.15, -0.1) is 10.2 Å². The summed E-state index contributed by atoms with van der Waals surface area (Å²) in [6.07, 6.45) is 4.98. The Morgan fingerprint density at radius 1 is 1.04 bits per heavy atom. The topological polar surface area (TPSA) is 51.0 Å². The minimum Gasteiger partial charge on any atom is -0.333 e. The number of hydrogen-bond donors (Lipinski definition) is 0. The monoisotopic (exact) mass is 322 g/mol. The van der Waals surface area contributed by atoms with Gasteiger partial charge in [0.1, 0.15) is 0 Å². The maximum atomic E-state index is 12.9. The first kappa shape index (κ1) is 14.2. The first-order valence-corrected chi connectivity index (χ1v) is 9.06. The van der Waals surface area contributed by atoms with Gasteiger partial charge in [-0.2, -0.15) is 0 Å². The lowest BCUT2D eigenvalue weighted by Crippen LogP contribution is -2.43. The van der Waals surface area contributed by atoms with Gasteiger partial charge in [0.2, 0.25) is 5.91 Å². The Hall–Kier alpha value is -2.17. The quantitative estimate of drug-likeness (QED) is 0.854. The smallest absolute Gasteiger partial charge is 0.226 e. The number of carbonyl (C=O) groups excluding carboxylic acids is 1. The van der Waals surface area contributed by atoms with Crippen molar-refractivity contribution in [1.29, 1.82) is 0 Å². The SMILES string of the molecule is O=C([C@@H]1C[C@H]2CC[C@H]1C2)N1CCn2c(nnc2-c2ccccc2)C1. The summed E-state index contributed by atoms with van der Waals surface area (Å²) in [4.78, 5) is 15.0. The maximum absolute atomic E-state index is 12.9. The largest absolute Gasteiger partial charge is 0.333 e. The molecule has 1 aliphatic heterocycles. The summed E-state index contributed by atoms with van der Waals surface area (Å²) in [6, 6.07) is 10.2. The van der Waals surface area contributed by atoms with E-state index < -0.39 is 0 Å². The number of carbonyl (C=O) groups is 1. The lowest BCUT2D eigenvalue weighted by molar-refractivity contribution is -0.138. The Morgan fingerprint density at radius 2 is 1.92 bits per heavy atom. The molecule has 0 radical (unpaired) electrons. The van der Waals surface area contributed by atoms with E-state index in [1.54, 1.807) is 0 Å². The van der Waals surface area contributed by atoms with Crippen molar-refractivity contribution in [3.05, 3.63) is 36.2 Å². The van der Waals surface area contributed by atoms with Crippen molar-refractivity contribution >= 4 is 5.91 Å². The van der Waals surface area contributed by atoms with Gasteiger partial charge in [0.25, 0.3) is 0 Å². The van der Waals surface area contributed by atoms with Gasteiger partial charge < -0.3 is 9.47 Å². The third kappa shape index (κ3) is 2.18. The molecule has 1 aromatic heterocycles. The predicted molar refractivity (Wildman–Crippen MR) is 89.8 cm³/mol. The first-order valence-electron chi connectivity index (χ1n) is 9.06. The molecule has 2 heterocycles. The average Bonchev–Trinajstić information content (AvgIpc) is 3.36. The lowest BCUT2D eigenvalue weighted by Gasteiger charge is -2.32. The van der Waals surface area contributed by atoms with Crippen LogP contribution in [0.3, 0.4) is 0 Å². The summed E-state index contributed by atoms with van der Waals surface area (Å²) >= 11 is 0. The van der Waals surface area contributed by atoms with E-state index >= 15 is 0 Å². The van der Waals surface area contributed by atoms with E-state index in [-0.39, 0.29) is 5.92 Å². The summed E-state index contributed by atoms with van der Waals surface area (Å²) in [5, 5.41) is 8.73. The van der Waals surface area contributed by atoms with Crippen LogP contribution in [0.25, 0.3) is 11.4 Å². The van der Waals surface area contributed by atoms with Gasteiger partial charge in [-0.05, 0) is 31.1 Å². The molecule has 5 nitrogen and oxygen atoms in total. The average molecular weight is 322 g/mol. The van der Waals surface area contributed by atoms with Gasteiger partial charge >= 0.3 is 0 Å². The Balaban J connectivity index is 1.36. The minimum atomic E-state index is 0.270. The number of amides is 1. The van der Waals surface area contributed by atoms with Crippen LogP contribution in [0.5, 0.6) is 0 Å². The van der Waals surface area contributed by atoms with Gasteiger partial charge in [0, 0.05) is 24.6 Å². The van der Waals surface area contributed by atoms with E-state index in [4.69, 9.17) is 0 Å². The molecule has 0 spiro atoms. The molecule has 0 saturated heterocycles. The first-order chi connectivity index (χ1) is 11.8. The molecule has 2 saturated carbocycles. The van der Waals surface area contributed by atoms with Gasteiger partial charge in [-0.1, -0.05) is 36.8 Å². The van der Waals surface area contributed by atoms with Crippen LogP contribution in [0.4, 0.5) is 0 Å². The van der Waals surface area contributed by atoms with Crippen LogP contribution in [0.15, 0.2) is 30.3 Å². The van der Waals surface area contributed by atoms with E-state index in [0.717, 1.165) is 42.6 Å². The molecule has 2 bridgehead atoms. The molecule has 3 atom stereocenters. The molecule has 3 aliphatic rings. The summed E-state index contributed by atoms with van der Waals surface area (Å²) in [5.41, 5.74) is 1.09. The fourth-order valence-corrected chi connectivity index (χ4v) is 4.93. The zero-order chi connectivity index (χ0) is 16.1. The molecule has 1 amide bonds. The Bertz CT molecular complexity index is 769. The second-order valence-corrected chi connectivity index (χ2v) is 7.50. The maximum Gasteiger partial charge on any atom is 0.226 e. The molecule has 24 heavy (non-hydrogen) atoms. The fraction of sp³-hybridized carbons (Fsp3) is 0.526. The van der Waals surface area contributed by atoms with Crippen molar-refractivity contribution in [3.8, 4) is 11.4 Å². The van der Waals surface area contributed by atoms with E-state index in [1.807, 2.05) is 23.1 Å². The zero-order valence-corrected chi connectivity index (χ0v) is 13.8. The van der Waals surface area contributed by atoms with Gasteiger partial charge in [-0.25, -0.2) is 0 Å². The summed E-state index contributed by atoms with van der Waals surface area (Å²) in [5.74, 6) is 3.91. The Labute approximate surface area is 141 Å². The number of aromatic nitrogens is 3. The van der Waals surface area contributed by atoms with E-state index in [2.05, 4.69) is 26.9 Å². The van der Waals surface area contributed by atoms with Crippen molar-refractivity contribution in [3.63, 3.8) is 0 Å². The Kier molecular flexibility index (Phi) is 3.21. The predicted octanol–water partition coefficient (Wildman–Crippen LogP) is 2.72. The molecule has 5 rings (SSSR count). The third-order valence-electron chi connectivity index (χ3n) is 6.15. The van der Waals surface area contributed by atoms with Gasteiger partial charge in [-0.3, -0.25) is 4.79 Å². The molecule has 0 N–H and O–H groups in total. The zero-order valence-electron chi connectivity index (χ0n) is 13.8. The molecule has 1 aromatic carbocycles. The molecule has 0 unspecified atom stereocenters. The van der Waals surface area contributed by atoms with Crippen LogP contribution in [0.2, 0.25) is 0 Å². The normalized spacial score (nSPS) is 28.2. The van der Waals surface area contributed by atoms with Gasteiger partial charge in [0.15, 0.2) is 11.6 Å². The highest BCUT2D eigenvalue weighted by Gasteiger charge is 2.44. The van der Waals surface area contributed by atoms with Crippen molar-refractivity contribution in [2.75, 3.05) is 6.54 Å². The van der Waals surface area contributed by atoms with Crippen molar-refractivity contribution in [2.45, 2.75) is 38.8 Å². The summed E-state index contributed by atoms with van der Waals surface area (Å²) < 4.78 is 2.17. The molecule has 124 valence electrons. The molecule has 2 fully saturated rings. The van der Waals surface area contributed by atoms with Crippen LogP contribution in [0, 0.1) is 17.8 Å². The van der Waals surface area contributed by atoms with Crippen molar-refractivity contribution < 1.29 is 4.79 Å². The van der Waals surface area contributed by atoms with Crippen LogP contribution in [-0.4, -0.2) is 32.1 Å². The van der Waals surface area contributed by atoms with Crippen LogP contribution in [0.1, 0.15) is 31.5 Å². The number of nitrogens with zero attached hydrogens (tertiary/aromatic N) is 4. The highest BCUT2D eigenvalue weighted by molar-refractivity contribution is 5.79. The molecular weight excluding hydrogens is 300 g/mol. The second kappa shape index (κ2) is 5.43. The second-order valence-electron chi connectivity index (χ2n) is 7.50. The Morgan fingerprint density at radius 3 is 2.67 bits per heavy atom. The summed E-state index contributed by atoms with van der Waals surface area (Å²) in [6.45, 7) is 2.17. The standard InChI is InChI=1S/C19H22N4O/c24-19(16-11-13-6-7-15(16)10-13)22-8-9-23-17(12-22)20-21-18(23)14-4-2-1-3-5-14/h1-5,13,15-16H,6-12H2/t13-,15-,16+/m0/s1.